The summed E-state index contributed by atoms with van der Waals surface area (Å²) in [4.78, 5) is 15.0. The summed E-state index contributed by atoms with van der Waals surface area (Å²) in [6.45, 7) is 1.72. The van der Waals surface area contributed by atoms with Gasteiger partial charge in [0.05, 0.1) is 20.1 Å². The summed E-state index contributed by atoms with van der Waals surface area (Å²) in [7, 11) is 1.34. The Morgan fingerprint density at radius 3 is 2.60 bits per heavy atom. The van der Waals surface area contributed by atoms with E-state index in [1.807, 2.05) is 0 Å². The molecular formula is C11H11F3INO4. The Labute approximate surface area is 126 Å². The zero-order valence-electron chi connectivity index (χ0n) is 10.6. The van der Waals surface area contributed by atoms with Gasteiger partial charge in [0.2, 0.25) is 5.88 Å². The average molecular weight is 405 g/mol. The van der Waals surface area contributed by atoms with Gasteiger partial charge < -0.3 is 14.2 Å². The van der Waals surface area contributed by atoms with E-state index in [-0.39, 0.29) is 28.0 Å². The van der Waals surface area contributed by atoms with Gasteiger partial charge in [-0.3, -0.25) is 4.79 Å². The molecule has 20 heavy (non-hydrogen) atoms. The molecule has 0 aliphatic carbocycles. The number of nitrogens with zero attached hydrogens (tertiary/aromatic N) is 1. The van der Waals surface area contributed by atoms with Gasteiger partial charge in [-0.15, -0.1) is 13.2 Å². The fourth-order valence-electron chi connectivity index (χ4n) is 1.33. The highest BCUT2D eigenvalue weighted by Crippen LogP contribution is 2.30. The molecule has 112 valence electrons. The number of hydrogen-bond acceptors (Lipinski definition) is 5. The van der Waals surface area contributed by atoms with E-state index in [9.17, 15) is 18.0 Å². The first-order chi connectivity index (χ1) is 9.26. The molecule has 0 bridgehead atoms. The molecular weight excluding hydrogens is 394 g/mol. The molecule has 0 spiro atoms. The van der Waals surface area contributed by atoms with Crippen molar-refractivity contribution in [1.82, 2.24) is 4.98 Å². The second-order valence-corrected chi connectivity index (χ2v) is 4.50. The second kappa shape index (κ2) is 6.95. The van der Waals surface area contributed by atoms with Gasteiger partial charge in [0.15, 0.2) is 5.75 Å². The van der Waals surface area contributed by atoms with Gasteiger partial charge in [-0.05, 0) is 35.6 Å². The van der Waals surface area contributed by atoms with Crippen molar-refractivity contribution in [3.63, 3.8) is 0 Å². The van der Waals surface area contributed by atoms with Crippen molar-refractivity contribution in [3.8, 4) is 11.6 Å². The third kappa shape index (κ3) is 5.02. The number of carbonyl (C=O) groups is 1. The third-order valence-electron chi connectivity index (χ3n) is 2.06. The van der Waals surface area contributed by atoms with Gasteiger partial charge in [0.1, 0.15) is 3.70 Å². The normalized spacial score (nSPS) is 11.1. The minimum Gasteiger partial charge on any atom is -0.494 e. The molecule has 0 atom stereocenters. The van der Waals surface area contributed by atoms with Crippen molar-refractivity contribution in [2.45, 2.75) is 19.7 Å². The predicted octanol–water partition coefficient (Wildman–Crippen LogP) is 2.70. The topological polar surface area (TPSA) is 57.7 Å². The molecule has 0 saturated carbocycles. The van der Waals surface area contributed by atoms with Crippen LogP contribution in [0.3, 0.4) is 0 Å². The van der Waals surface area contributed by atoms with E-state index in [0.717, 1.165) is 0 Å². The molecule has 1 rings (SSSR count). The number of methoxy groups -OCH3 is 1. The number of carbonyl (C=O) groups excluding carboxylic acids is 1. The molecule has 5 nitrogen and oxygen atoms in total. The maximum atomic E-state index is 12.3. The largest absolute Gasteiger partial charge is 0.574 e. The van der Waals surface area contributed by atoms with Crippen molar-refractivity contribution in [2.24, 2.45) is 0 Å². The summed E-state index contributed by atoms with van der Waals surface area (Å²) in [5.74, 6) is -1.11. The molecule has 0 unspecified atom stereocenters. The lowest BCUT2D eigenvalue weighted by Gasteiger charge is -2.14. The molecule has 0 aliphatic rings. The molecule has 1 aromatic rings. The van der Waals surface area contributed by atoms with Crippen LogP contribution in [0, 0.1) is 3.70 Å². The molecule has 0 fully saturated rings. The van der Waals surface area contributed by atoms with Crippen molar-refractivity contribution >= 4 is 28.6 Å². The van der Waals surface area contributed by atoms with E-state index >= 15 is 0 Å². The van der Waals surface area contributed by atoms with E-state index in [0.29, 0.717) is 0 Å². The molecule has 1 heterocycles. The lowest BCUT2D eigenvalue weighted by atomic mass is 10.2. The first-order valence-corrected chi connectivity index (χ1v) is 6.49. The highest BCUT2D eigenvalue weighted by atomic mass is 127. The number of halogens is 4. The zero-order chi connectivity index (χ0) is 15.3. The standard InChI is InChI=1S/C11H11F3INO4/c1-3-19-8(17)5-6-4-7(18-2)9(15)16-10(6)20-11(12,13)14/h4H,3,5H2,1-2H3. The van der Waals surface area contributed by atoms with Crippen LogP contribution in [-0.4, -0.2) is 31.0 Å². The number of hydrogen-bond donors (Lipinski definition) is 0. The van der Waals surface area contributed by atoms with Gasteiger partial charge >= 0.3 is 12.3 Å². The number of alkyl halides is 3. The highest BCUT2D eigenvalue weighted by molar-refractivity contribution is 14.1. The van der Waals surface area contributed by atoms with E-state index in [1.165, 1.54) is 13.2 Å². The van der Waals surface area contributed by atoms with Crippen LogP contribution in [0.25, 0.3) is 0 Å². The molecule has 0 N–H and O–H groups in total. The van der Waals surface area contributed by atoms with Crippen molar-refractivity contribution in [1.29, 1.82) is 0 Å². The Morgan fingerprint density at radius 1 is 1.45 bits per heavy atom. The van der Waals surface area contributed by atoms with Crippen molar-refractivity contribution < 1.29 is 32.2 Å². The molecule has 0 aromatic carbocycles. The van der Waals surface area contributed by atoms with Crippen LogP contribution in [0.5, 0.6) is 11.6 Å². The number of rotatable bonds is 5. The summed E-state index contributed by atoms with van der Waals surface area (Å²) in [5.41, 5.74) is -0.0574. The molecule has 0 radical (unpaired) electrons. The van der Waals surface area contributed by atoms with Gasteiger partial charge in [0, 0.05) is 5.56 Å². The first-order valence-electron chi connectivity index (χ1n) is 5.41. The number of aromatic nitrogens is 1. The molecule has 0 amide bonds. The molecule has 0 saturated heterocycles. The van der Waals surface area contributed by atoms with Crippen LogP contribution in [0.15, 0.2) is 6.07 Å². The lowest BCUT2D eigenvalue weighted by molar-refractivity contribution is -0.276. The summed E-state index contributed by atoms with van der Waals surface area (Å²) in [5, 5.41) is 0. The van der Waals surface area contributed by atoms with Crippen LogP contribution in [0.4, 0.5) is 13.2 Å². The Bertz CT molecular complexity index is 493. The lowest BCUT2D eigenvalue weighted by Crippen LogP contribution is -2.20. The Balaban J connectivity index is 3.12. The maximum absolute atomic E-state index is 12.3. The molecule has 1 aromatic heterocycles. The number of pyridine rings is 1. The first kappa shape index (κ1) is 16.8. The predicted molar refractivity (Wildman–Crippen MR) is 70.5 cm³/mol. The maximum Gasteiger partial charge on any atom is 0.574 e. The number of esters is 1. The quantitative estimate of drug-likeness (QED) is 0.429. The molecule has 9 heteroatoms. The SMILES string of the molecule is CCOC(=O)Cc1cc(OC)c(I)nc1OC(F)(F)F. The second-order valence-electron chi connectivity index (χ2n) is 3.48. The summed E-state index contributed by atoms with van der Waals surface area (Å²) in [6, 6.07) is 1.27. The van der Waals surface area contributed by atoms with Crippen LogP contribution < -0.4 is 9.47 Å². The van der Waals surface area contributed by atoms with Crippen LogP contribution in [0.2, 0.25) is 0 Å². The Morgan fingerprint density at radius 2 is 2.10 bits per heavy atom. The minimum atomic E-state index is -4.89. The molecule has 0 aliphatic heterocycles. The average Bonchev–Trinajstić information content (AvgIpc) is 2.30. The smallest absolute Gasteiger partial charge is 0.494 e. The summed E-state index contributed by atoms with van der Waals surface area (Å²) >= 11 is 1.70. The third-order valence-corrected chi connectivity index (χ3v) is 2.83. The van der Waals surface area contributed by atoms with Gasteiger partial charge in [-0.1, -0.05) is 0 Å². The fraction of sp³-hybridized carbons (Fsp3) is 0.455. The van der Waals surface area contributed by atoms with Crippen molar-refractivity contribution in [3.05, 3.63) is 15.3 Å². The van der Waals surface area contributed by atoms with Crippen LogP contribution in [0.1, 0.15) is 12.5 Å². The summed E-state index contributed by atoms with van der Waals surface area (Å²) < 4.78 is 50.6. The Hall–Kier alpha value is -1.26. The highest BCUT2D eigenvalue weighted by Gasteiger charge is 2.33. The van der Waals surface area contributed by atoms with E-state index in [1.54, 1.807) is 29.5 Å². The van der Waals surface area contributed by atoms with Crippen molar-refractivity contribution in [2.75, 3.05) is 13.7 Å². The van der Waals surface area contributed by atoms with E-state index in [4.69, 9.17) is 4.74 Å². The van der Waals surface area contributed by atoms with E-state index < -0.39 is 18.2 Å². The summed E-state index contributed by atoms with van der Waals surface area (Å²) in [6.07, 6.45) is -5.28. The zero-order valence-corrected chi connectivity index (χ0v) is 12.7. The van der Waals surface area contributed by atoms with Gasteiger partial charge in [0.25, 0.3) is 0 Å². The monoisotopic (exact) mass is 405 g/mol. The van der Waals surface area contributed by atoms with Gasteiger partial charge in [-0.2, -0.15) is 0 Å². The number of ether oxygens (including phenoxy) is 3. The Kier molecular flexibility index (Phi) is 5.84. The van der Waals surface area contributed by atoms with Crippen LogP contribution >= 0.6 is 22.6 Å². The van der Waals surface area contributed by atoms with E-state index in [2.05, 4.69) is 14.5 Å². The van der Waals surface area contributed by atoms with Gasteiger partial charge in [-0.25, -0.2) is 4.98 Å². The minimum absolute atomic E-state index is 0.0574. The van der Waals surface area contributed by atoms with Crippen LogP contribution in [-0.2, 0) is 16.0 Å². The fourth-order valence-corrected chi connectivity index (χ4v) is 1.93.